The summed E-state index contributed by atoms with van der Waals surface area (Å²) >= 11 is 0. The van der Waals surface area contributed by atoms with E-state index in [1.807, 2.05) is 6.92 Å². The van der Waals surface area contributed by atoms with Gasteiger partial charge in [-0.15, -0.1) is 0 Å². The SMILES string of the molecule is CCCNC(=O)C(C)Nc1cn[nH]c1N. The average molecular weight is 211 g/mol. The van der Waals surface area contributed by atoms with Crippen LogP contribution in [0, 0.1) is 0 Å². The molecule has 0 aliphatic heterocycles. The molecule has 6 heteroatoms. The third kappa shape index (κ3) is 3.16. The summed E-state index contributed by atoms with van der Waals surface area (Å²) in [5.74, 6) is 0.391. The van der Waals surface area contributed by atoms with E-state index < -0.39 is 0 Å². The molecule has 0 fully saturated rings. The van der Waals surface area contributed by atoms with Gasteiger partial charge in [0.05, 0.1) is 11.9 Å². The standard InChI is InChI=1S/C9H17N5O/c1-3-4-11-9(15)6(2)13-7-5-12-14-8(7)10/h5-6,13H,3-4H2,1-2H3,(H,11,15)(H3,10,12,14). The molecule has 0 bridgehead atoms. The number of carbonyl (C=O) groups excluding carboxylic acids is 1. The number of hydrogen-bond donors (Lipinski definition) is 4. The first-order valence-electron chi connectivity index (χ1n) is 4.98. The highest BCUT2D eigenvalue weighted by molar-refractivity contribution is 5.84. The van der Waals surface area contributed by atoms with Crippen molar-refractivity contribution in [2.24, 2.45) is 0 Å². The molecule has 0 spiro atoms. The number of rotatable bonds is 5. The zero-order valence-electron chi connectivity index (χ0n) is 9.00. The van der Waals surface area contributed by atoms with Gasteiger partial charge in [-0.2, -0.15) is 5.10 Å². The maximum absolute atomic E-state index is 11.5. The minimum Gasteiger partial charge on any atom is -0.382 e. The lowest BCUT2D eigenvalue weighted by atomic mass is 10.3. The van der Waals surface area contributed by atoms with Gasteiger partial charge in [-0.25, -0.2) is 0 Å². The summed E-state index contributed by atoms with van der Waals surface area (Å²) < 4.78 is 0. The summed E-state index contributed by atoms with van der Waals surface area (Å²) in [5, 5.41) is 12.1. The number of nitrogens with zero attached hydrogens (tertiary/aromatic N) is 1. The van der Waals surface area contributed by atoms with Gasteiger partial charge in [0, 0.05) is 6.54 Å². The Kier molecular flexibility index (Phi) is 3.96. The van der Waals surface area contributed by atoms with E-state index in [4.69, 9.17) is 5.73 Å². The largest absolute Gasteiger partial charge is 0.382 e. The Morgan fingerprint density at radius 1 is 1.73 bits per heavy atom. The van der Waals surface area contributed by atoms with Crippen LogP contribution in [-0.2, 0) is 4.79 Å². The van der Waals surface area contributed by atoms with Crippen LogP contribution in [0.1, 0.15) is 20.3 Å². The molecule has 0 aliphatic carbocycles. The molecule has 1 rings (SSSR count). The van der Waals surface area contributed by atoms with Crippen molar-refractivity contribution in [3.8, 4) is 0 Å². The molecule has 1 unspecified atom stereocenters. The maximum Gasteiger partial charge on any atom is 0.242 e. The van der Waals surface area contributed by atoms with Gasteiger partial charge in [0.1, 0.15) is 11.9 Å². The summed E-state index contributed by atoms with van der Waals surface area (Å²) in [6.07, 6.45) is 2.48. The molecule has 5 N–H and O–H groups in total. The molecule has 0 saturated heterocycles. The van der Waals surface area contributed by atoms with E-state index in [0.717, 1.165) is 6.42 Å². The van der Waals surface area contributed by atoms with Crippen molar-refractivity contribution >= 4 is 17.4 Å². The zero-order valence-corrected chi connectivity index (χ0v) is 9.00. The maximum atomic E-state index is 11.5. The zero-order chi connectivity index (χ0) is 11.3. The van der Waals surface area contributed by atoms with Crippen molar-refractivity contribution in [2.75, 3.05) is 17.6 Å². The average Bonchev–Trinajstić information content (AvgIpc) is 2.61. The summed E-state index contributed by atoms with van der Waals surface area (Å²) in [4.78, 5) is 11.5. The minimum absolute atomic E-state index is 0.0440. The molecule has 1 atom stereocenters. The Labute approximate surface area is 88.6 Å². The monoisotopic (exact) mass is 211 g/mol. The van der Waals surface area contributed by atoms with Gasteiger partial charge in [0.25, 0.3) is 0 Å². The van der Waals surface area contributed by atoms with Crippen molar-refractivity contribution < 1.29 is 4.79 Å². The number of aromatic nitrogens is 2. The fourth-order valence-corrected chi connectivity index (χ4v) is 1.11. The number of anilines is 2. The van der Waals surface area contributed by atoms with Gasteiger partial charge in [-0.05, 0) is 13.3 Å². The molecule has 0 aliphatic rings. The van der Waals surface area contributed by atoms with Crippen molar-refractivity contribution in [1.29, 1.82) is 0 Å². The Morgan fingerprint density at radius 3 is 3.00 bits per heavy atom. The summed E-state index contributed by atoms with van der Waals surface area (Å²) in [7, 11) is 0. The lowest BCUT2D eigenvalue weighted by Crippen LogP contribution is -2.37. The van der Waals surface area contributed by atoms with E-state index in [0.29, 0.717) is 18.1 Å². The first kappa shape index (κ1) is 11.4. The lowest BCUT2D eigenvalue weighted by Gasteiger charge is -2.13. The molecular formula is C9H17N5O. The first-order valence-corrected chi connectivity index (χ1v) is 4.98. The highest BCUT2D eigenvalue weighted by Crippen LogP contribution is 2.13. The number of amides is 1. The molecule has 0 aromatic carbocycles. The topological polar surface area (TPSA) is 95.8 Å². The smallest absolute Gasteiger partial charge is 0.242 e. The molecule has 1 heterocycles. The Balaban J connectivity index is 2.45. The predicted octanol–water partition coefficient (Wildman–Crippen LogP) is 0.318. The quantitative estimate of drug-likeness (QED) is 0.564. The van der Waals surface area contributed by atoms with Crippen molar-refractivity contribution in [3.05, 3.63) is 6.20 Å². The fraction of sp³-hybridized carbons (Fsp3) is 0.556. The van der Waals surface area contributed by atoms with Crippen LogP contribution in [0.2, 0.25) is 0 Å². The van der Waals surface area contributed by atoms with E-state index in [9.17, 15) is 4.79 Å². The highest BCUT2D eigenvalue weighted by Gasteiger charge is 2.13. The van der Waals surface area contributed by atoms with Crippen LogP contribution in [0.3, 0.4) is 0 Å². The lowest BCUT2D eigenvalue weighted by molar-refractivity contribution is -0.121. The third-order valence-electron chi connectivity index (χ3n) is 1.98. The number of nitrogen functional groups attached to an aromatic ring is 1. The predicted molar refractivity (Wildman–Crippen MR) is 59.4 cm³/mol. The van der Waals surface area contributed by atoms with E-state index in [2.05, 4.69) is 20.8 Å². The van der Waals surface area contributed by atoms with E-state index in [-0.39, 0.29) is 11.9 Å². The van der Waals surface area contributed by atoms with E-state index >= 15 is 0 Å². The molecule has 6 nitrogen and oxygen atoms in total. The van der Waals surface area contributed by atoms with Gasteiger partial charge in [-0.3, -0.25) is 9.89 Å². The Morgan fingerprint density at radius 2 is 2.47 bits per heavy atom. The summed E-state index contributed by atoms with van der Waals surface area (Å²) in [6, 6.07) is -0.323. The number of nitrogens with two attached hydrogens (primary N) is 1. The Bertz CT molecular complexity index is 322. The third-order valence-corrected chi connectivity index (χ3v) is 1.98. The van der Waals surface area contributed by atoms with Gasteiger partial charge in [-0.1, -0.05) is 6.92 Å². The second-order valence-corrected chi connectivity index (χ2v) is 3.35. The van der Waals surface area contributed by atoms with Crippen LogP contribution in [-0.4, -0.2) is 28.7 Å². The van der Waals surface area contributed by atoms with Crippen LogP contribution in [0.15, 0.2) is 6.20 Å². The molecule has 1 amide bonds. The van der Waals surface area contributed by atoms with Crippen LogP contribution in [0.25, 0.3) is 0 Å². The second kappa shape index (κ2) is 5.23. The van der Waals surface area contributed by atoms with Crippen molar-refractivity contribution in [2.45, 2.75) is 26.3 Å². The van der Waals surface area contributed by atoms with Crippen molar-refractivity contribution in [1.82, 2.24) is 15.5 Å². The van der Waals surface area contributed by atoms with E-state index in [1.165, 1.54) is 0 Å². The molecule has 15 heavy (non-hydrogen) atoms. The first-order chi connectivity index (χ1) is 7.15. The van der Waals surface area contributed by atoms with Gasteiger partial charge >= 0.3 is 0 Å². The summed E-state index contributed by atoms with van der Waals surface area (Å²) in [5.41, 5.74) is 6.22. The van der Waals surface area contributed by atoms with Crippen molar-refractivity contribution in [3.63, 3.8) is 0 Å². The number of hydrogen-bond acceptors (Lipinski definition) is 4. The normalized spacial score (nSPS) is 12.1. The molecule has 0 radical (unpaired) electrons. The van der Waals surface area contributed by atoms with Gasteiger partial charge in [0.2, 0.25) is 5.91 Å². The molecule has 0 saturated carbocycles. The molecule has 1 aromatic heterocycles. The van der Waals surface area contributed by atoms with Gasteiger partial charge < -0.3 is 16.4 Å². The number of carbonyl (C=O) groups is 1. The minimum atomic E-state index is -0.323. The number of aromatic amines is 1. The van der Waals surface area contributed by atoms with Crippen LogP contribution < -0.4 is 16.4 Å². The van der Waals surface area contributed by atoms with Crippen LogP contribution in [0.5, 0.6) is 0 Å². The molecule has 1 aromatic rings. The van der Waals surface area contributed by atoms with Gasteiger partial charge in [0.15, 0.2) is 0 Å². The van der Waals surface area contributed by atoms with Crippen LogP contribution in [0.4, 0.5) is 11.5 Å². The molecular weight excluding hydrogens is 194 g/mol. The molecule has 84 valence electrons. The number of H-pyrrole nitrogens is 1. The van der Waals surface area contributed by atoms with Crippen LogP contribution >= 0.6 is 0 Å². The highest BCUT2D eigenvalue weighted by atomic mass is 16.2. The van der Waals surface area contributed by atoms with E-state index in [1.54, 1.807) is 13.1 Å². The Hall–Kier alpha value is -1.72. The summed E-state index contributed by atoms with van der Waals surface area (Å²) in [6.45, 7) is 4.47. The second-order valence-electron chi connectivity index (χ2n) is 3.35. The number of nitrogens with one attached hydrogen (secondary N) is 3. The fourth-order valence-electron chi connectivity index (χ4n) is 1.11.